The fourth-order valence-corrected chi connectivity index (χ4v) is 4.40. The van der Waals surface area contributed by atoms with Crippen molar-refractivity contribution in [2.75, 3.05) is 25.9 Å². The quantitative estimate of drug-likeness (QED) is 0.803. The van der Waals surface area contributed by atoms with E-state index in [-0.39, 0.29) is 4.75 Å². The Balaban J connectivity index is 2.68. The van der Waals surface area contributed by atoms with Crippen LogP contribution in [0.15, 0.2) is 0 Å². The molecule has 0 atom stereocenters. The lowest BCUT2D eigenvalue weighted by Gasteiger charge is -2.40. The van der Waals surface area contributed by atoms with E-state index in [2.05, 4.69) is 4.72 Å². The minimum Gasteiger partial charge on any atom is -0.329 e. The zero-order chi connectivity index (χ0) is 14.0. The van der Waals surface area contributed by atoms with Gasteiger partial charge >= 0.3 is 0 Å². The summed E-state index contributed by atoms with van der Waals surface area (Å²) in [6, 6.07) is 0. The second-order valence-electron chi connectivity index (χ2n) is 5.85. The number of nitrogens with zero attached hydrogens (tertiary/aromatic N) is 1. The molecular weight excluding hydrogens is 270 g/mol. The van der Waals surface area contributed by atoms with Crippen molar-refractivity contribution >= 4 is 22.0 Å². The molecule has 18 heavy (non-hydrogen) atoms. The second kappa shape index (κ2) is 5.66. The van der Waals surface area contributed by atoms with Gasteiger partial charge in [-0.25, -0.2) is 0 Å². The summed E-state index contributed by atoms with van der Waals surface area (Å²) in [5, 5.41) is 0. The van der Waals surface area contributed by atoms with Gasteiger partial charge in [-0.1, -0.05) is 0 Å². The van der Waals surface area contributed by atoms with Crippen molar-refractivity contribution in [1.82, 2.24) is 9.03 Å². The average Bonchev–Trinajstić information content (AvgIpc) is 2.26. The summed E-state index contributed by atoms with van der Waals surface area (Å²) in [4.78, 5) is 0. The smallest absolute Gasteiger partial charge is 0.279 e. The van der Waals surface area contributed by atoms with Crippen molar-refractivity contribution in [3.63, 3.8) is 0 Å². The van der Waals surface area contributed by atoms with E-state index in [4.69, 9.17) is 5.73 Å². The highest BCUT2D eigenvalue weighted by molar-refractivity contribution is 8.00. The maximum Gasteiger partial charge on any atom is 0.279 e. The monoisotopic (exact) mass is 295 g/mol. The van der Waals surface area contributed by atoms with Crippen molar-refractivity contribution in [3.8, 4) is 0 Å². The van der Waals surface area contributed by atoms with Crippen molar-refractivity contribution in [3.05, 3.63) is 0 Å². The predicted molar refractivity (Wildman–Crippen MR) is 77.9 cm³/mol. The number of nitrogens with one attached hydrogen (secondary N) is 1. The highest BCUT2D eigenvalue weighted by Gasteiger charge is 2.37. The molecule has 1 saturated heterocycles. The molecule has 0 aliphatic carbocycles. The Morgan fingerprint density at radius 2 is 1.83 bits per heavy atom. The van der Waals surface area contributed by atoms with Crippen LogP contribution in [0.4, 0.5) is 0 Å². The van der Waals surface area contributed by atoms with Crippen LogP contribution in [0.5, 0.6) is 0 Å². The molecule has 0 aromatic rings. The Morgan fingerprint density at radius 3 is 2.17 bits per heavy atom. The maximum atomic E-state index is 12.2. The molecule has 0 unspecified atom stereocenters. The van der Waals surface area contributed by atoms with Crippen LogP contribution in [-0.2, 0) is 10.2 Å². The van der Waals surface area contributed by atoms with Gasteiger partial charge in [-0.2, -0.15) is 29.2 Å². The molecule has 0 saturated carbocycles. The molecule has 5 nitrogen and oxygen atoms in total. The fourth-order valence-electron chi connectivity index (χ4n) is 2.08. The van der Waals surface area contributed by atoms with E-state index in [1.165, 1.54) is 4.31 Å². The normalized spacial score (nSPS) is 22.1. The number of hydrogen-bond donors (Lipinski definition) is 2. The summed E-state index contributed by atoms with van der Waals surface area (Å²) in [5.74, 6) is 0. The number of hydrogen-bond acceptors (Lipinski definition) is 4. The van der Waals surface area contributed by atoms with Gasteiger partial charge in [0, 0.05) is 29.9 Å². The van der Waals surface area contributed by atoms with Gasteiger partial charge < -0.3 is 5.73 Å². The van der Waals surface area contributed by atoms with Gasteiger partial charge in [0.1, 0.15) is 0 Å². The molecule has 1 rings (SSSR count). The highest BCUT2D eigenvalue weighted by Crippen LogP contribution is 2.34. The summed E-state index contributed by atoms with van der Waals surface area (Å²) in [7, 11) is -3.37. The van der Waals surface area contributed by atoms with E-state index in [9.17, 15) is 8.42 Å². The lowest BCUT2D eigenvalue weighted by Crippen LogP contribution is -2.54. The molecule has 0 amide bonds. The number of nitrogens with two attached hydrogens (primary N) is 1. The Labute approximate surface area is 115 Å². The Kier molecular flexibility index (Phi) is 5.11. The molecule has 0 aromatic heterocycles. The SMILES string of the molecule is CSC1(CN)CCN(S(=O)(=O)NC(C)(C)C)CC1. The Bertz CT molecular complexity index is 362. The lowest BCUT2D eigenvalue weighted by molar-refractivity contribution is 0.293. The van der Waals surface area contributed by atoms with Crippen molar-refractivity contribution < 1.29 is 8.42 Å². The van der Waals surface area contributed by atoms with E-state index >= 15 is 0 Å². The van der Waals surface area contributed by atoms with Gasteiger partial charge in [0.15, 0.2) is 0 Å². The standard InChI is InChI=1S/C11H25N3O2S2/c1-10(2,3)13-18(15,16)14-7-5-11(9-12,17-4)6-8-14/h13H,5-9,12H2,1-4H3. The Morgan fingerprint density at radius 1 is 1.33 bits per heavy atom. The third kappa shape index (κ3) is 4.09. The molecule has 0 bridgehead atoms. The summed E-state index contributed by atoms with van der Waals surface area (Å²) in [5.41, 5.74) is 5.36. The molecule has 1 heterocycles. The molecular formula is C11H25N3O2S2. The van der Waals surface area contributed by atoms with Gasteiger partial charge in [-0.15, -0.1) is 0 Å². The van der Waals surface area contributed by atoms with Gasteiger partial charge in [-0.3, -0.25) is 0 Å². The zero-order valence-corrected chi connectivity index (χ0v) is 13.3. The molecule has 3 N–H and O–H groups in total. The Hall–Kier alpha value is 0.180. The van der Waals surface area contributed by atoms with E-state index < -0.39 is 15.7 Å². The van der Waals surface area contributed by atoms with Gasteiger partial charge in [0.25, 0.3) is 10.2 Å². The van der Waals surface area contributed by atoms with Crippen LogP contribution in [-0.4, -0.2) is 48.9 Å². The third-order valence-electron chi connectivity index (χ3n) is 3.21. The molecule has 1 aliphatic rings. The molecule has 108 valence electrons. The fraction of sp³-hybridized carbons (Fsp3) is 1.00. The third-order valence-corrected chi connectivity index (χ3v) is 6.57. The largest absolute Gasteiger partial charge is 0.329 e. The van der Waals surface area contributed by atoms with Gasteiger partial charge in [-0.05, 0) is 39.9 Å². The van der Waals surface area contributed by atoms with E-state index in [1.807, 2.05) is 27.0 Å². The number of piperidine rings is 1. The first kappa shape index (κ1) is 16.2. The van der Waals surface area contributed by atoms with Crippen LogP contribution < -0.4 is 10.5 Å². The van der Waals surface area contributed by atoms with E-state index in [0.29, 0.717) is 19.6 Å². The summed E-state index contributed by atoms with van der Waals surface area (Å²) >= 11 is 1.75. The molecule has 0 spiro atoms. The van der Waals surface area contributed by atoms with Crippen molar-refractivity contribution in [2.45, 2.75) is 43.9 Å². The maximum absolute atomic E-state index is 12.2. The first-order valence-corrected chi connectivity index (χ1v) is 8.85. The minimum absolute atomic E-state index is 0.0494. The van der Waals surface area contributed by atoms with Gasteiger partial charge in [0.2, 0.25) is 0 Å². The lowest BCUT2D eigenvalue weighted by atomic mass is 9.97. The molecule has 1 aliphatic heterocycles. The van der Waals surface area contributed by atoms with Crippen LogP contribution in [0, 0.1) is 0 Å². The predicted octanol–water partition coefficient (Wildman–Crippen LogP) is 0.776. The molecule has 0 aromatic carbocycles. The topological polar surface area (TPSA) is 75.4 Å². The average molecular weight is 295 g/mol. The second-order valence-corrected chi connectivity index (χ2v) is 8.79. The van der Waals surface area contributed by atoms with Crippen LogP contribution in [0.2, 0.25) is 0 Å². The van der Waals surface area contributed by atoms with Crippen LogP contribution in [0.25, 0.3) is 0 Å². The van der Waals surface area contributed by atoms with Crippen LogP contribution in [0.1, 0.15) is 33.6 Å². The van der Waals surface area contributed by atoms with Crippen LogP contribution >= 0.6 is 11.8 Å². The van der Waals surface area contributed by atoms with Crippen LogP contribution in [0.3, 0.4) is 0 Å². The molecule has 7 heteroatoms. The van der Waals surface area contributed by atoms with Gasteiger partial charge in [0.05, 0.1) is 0 Å². The van der Waals surface area contributed by atoms with E-state index in [1.54, 1.807) is 11.8 Å². The van der Waals surface area contributed by atoms with Crippen molar-refractivity contribution in [2.24, 2.45) is 5.73 Å². The van der Waals surface area contributed by atoms with E-state index in [0.717, 1.165) is 12.8 Å². The van der Waals surface area contributed by atoms with Crippen molar-refractivity contribution in [1.29, 1.82) is 0 Å². The molecule has 0 radical (unpaired) electrons. The summed E-state index contributed by atoms with van der Waals surface area (Å²) in [6.07, 6.45) is 3.68. The minimum atomic E-state index is -3.37. The highest BCUT2D eigenvalue weighted by atomic mass is 32.2. The first-order chi connectivity index (χ1) is 8.14. The summed E-state index contributed by atoms with van der Waals surface area (Å²) < 4.78 is 28.6. The zero-order valence-electron chi connectivity index (χ0n) is 11.7. The first-order valence-electron chi connectivity index (χ1n) is 6.18. The number of thioether (sulfide) groups is 1. The summed E-state index contributed by atoms with van der Waals surface area (Å²) in [6.45, 7) is 7.24. The molecule has 1 fully saturated rings. The number of rotatable bonds is 4.